The third kappa shape index (κ3) is 3.46. The van der Waals surface area contributed by atoms with E-state index in [1.807, 2.05) is 24.3 Å². The van der Waals surface area contributed by atoms with Crippen molar-refractivity contribution in [2.45, 2.75) is 18.5 Å². The van der Waals surface area contributed by atoms with E-state index in [1.54, 1.807) is 24.1 Å². The standard InChI is InChI=1S/C22H22N4O5/c1-23-9-20(27)24-14-8-17-21(28)25-16-4-2-12(6-15(16)22(29)26(17)10-14)13-3-5-18-19(7-13)31-11-30-18/h2-7,14,17,23H,8-11H2,1H3,(H,24,27)(H,25,28)/t14-,17-/m0/s1. The average molecular weight is 422 g/mol. The molecule has 0 spiro atoms. The molecule has 5 rings (SSSR count). The van der Waals surface area contributed by atoms with Crippen molar-refractivity contribution in [3.05, 3.63) is 42.0 Å². The Bertz CT molecular complexity index is 1090. The first-order valence-electron chi connectivity index (χ1n) is 10.1. The van der Waals surface area contributed by atoms with Crippen LogP contribution in [0.25, 0.3) is 11.1 Å². The predicted octanol–water partition coefficient (Wildman–Crippen LogP) is 0.953. The molecule has 3 amide bonds. The number of fused-ring (bicyclic) bond motifs is 3. The molecule has 3 N–H and O–H groups in total. The van der Waals surface area contributed by atoms with Gasteiger partial charge in [0, 0.05) is 12.6 Å². The lowest BCUT2D eigenvalue weighted by molar-refractivity contribution is -0.121. The summed E-state index contributed by atoms with van der Waals surface area (Å²) in [6.45, 7) is 0.666. The molecule has 2 atom stereocenters. The summed E-state index contributed by atoms with van der Waals surface area (Å²) in [6, 6.07) is 10.1. The molecule has 1 fully saturated rings. The number of hydrogen-bond donors (Lipinski definition) is 3. The van der Waals surface area contributed by atoms with Gasteiger partial charge in [0.1, 0.15) is 6.04 Å². The van der Waals surface area contributed by atoms with E-state index in [9.17, 15) is 14.4 Å². The fourth-order valence-electron chi connectivity index (χ4n) is 4.31. The monoisotopic (exact) mass is 422 g/mol. The van der Waals surface area contributed by atoms with E-state index in [2.05, 4.69) is 16.0 Å². The number of carbonyl (C=O) groups is 3. The quantitative estimate of drug-likeness (QED) is 0.677. The first-order chi connectivity index (χ1) is 15.0. The first-order valence-corrected chi connectivity index (χ1v) is 10.1. The van der Waals surface area contributed by atoms with Crippen molar-refractivity contribution in [3.63, 3.8) is 0 Å². The summed E-state index contributed by atoms with van der Waals surface area (Å²) in [5, 5.41) is 8.55. The summed E-state index contributed by atoms with van der Waals surface area (Å²) < 4.78 is 10.8. The van der Waals surface area contributed by atoms with Gasteiger partial charge in [-0.05, 0) is 48.9 Å². The van der Waals surface area contributed by atoms with Gasteiger partial charge in [-0.1, -0.05) is 12.1 Å². The number of ether oxygens (including phenoxy) is 2. The maximum absolute atomic E-state index is 13.4. The van der Waals surface area contributed by atoms with E-state index in [4.69, 9.17) is 9.47 Å². The number of carbonyl (C=O) groups excluding carboxylic acids is 3. The van der Waals surface area contributed by atoms with Crippen LogP contribution in [0.5, 0.6) is 11.5 Å². The summed E-state index contributed by atoms with van der Waals surface area (Å²) >= 11 is 0. The number of anilines is 1. The number of nitrogens with one attached hydrogen (secondary N) is 3. The highest BCUT2D eigenvalue weighted by atomic mass is 16.7. The Morgan fingerprint density at radius 1 is 1.13 bits per heavy atom. The lowest BCUT2D eigenvalue weighted by Crippen LogP contribution is -2.42. The smallest absolute Gasteiger partial charge is 0.256 e. The molecular formula is C22H22N4O5. The molecule has 0 aromatic heterocycles. The Kier molecular flexibility index (Phi) is 4.74. The molecule has 160 valence electrons. The zero-order chi connectivity index (χ0) is 21.5. The van der Waals surface area contributed by atoms with Crippen LogP contribution in [0.2, 0.25) is 0 Å². The second kappa shape index (κ2) is 7.59. The maximum atomic E-state index is 13.4. The number of nitrogens with zero attached hydrogens (tertiary/aromatic N) is 1. The van der Waals surface area contributed by atoms with Crippen molar-refractivity contribution >= 4 is 23.4 Å². The first kappa shape index (κ1) is 19.4. The van der Waals surface area contributed by atoms with Crippen molar-refractivity contribution in [3.8, 4) is 22.6 Å². The molecule has 9 heteroatoms. The SMILES string of the molecule is CNCC(=O)N[C@H]1C[C@H]2C(=O)Nc3ccc(-c4ccc5c(c4)OCO5)cc3C(=O)N2C1. The molecule has 0 radical (unpaired) electrons. The number of amides is 3. The Hall–Kier alpha value is -3.59. The van der Waals surface area contributed by atoms with E-state index in [0.29, 0.717) is 35.7 Å². The van der Waals surface area contributed by atoms with E-state index in [-0.39, 0.29) is 37.1 Å². The largest absolute Gasteiger partial charge is 0.454 e. The van der Waals surface area contributed by atoms with Gasteiger partial charge in [-0.15, -0.1) is 0 Å². The van der Waals surface area contributed by atoms with Crippen LogP contribution in [0.1, 0.15) is 16.8 Å². The zero-order valence-electron chi connectivity index (χ0n) is 16.9. The molecular weight excluding hydrogens is 400 g/mol. The van der Waals surface area contributed by atoms with Crippen LogP contribution < -0.4 is 25.4 Å². The number of hydrogen-bond acceptors (Lipinski definition) is 6. The van der Waals surface area contributed by atoms with E-state index in [0.717, 1.165) is 11.1 Å². The van der Waals surface area contributed by atoms with Crippen LogP contribution in [-0.2, 0) is 9.59 Å². The summed E-state index contributed by atoms with van der Waals surface area (Å²) in [5.41, 5.74) is 2.62. The van der Waals surface area contributed by atoms with Gasteiger partial charge in [-0.25, -0.2) is 0 Å². The van der Waals surface area contributed by atoms with Crippen molar-refractivity contribution in [2.24, 2.45) is 0 Å². The maximum Gasteiger partial charge on any atom is 0.256 e. The molecule has 3 aliphatic rings. The zero-order valence-corrected chi connectivity index (χ0v) is 16.9. The average Bonchev–Trinajstić information content (AvgIpc) is 3.38. The summed E-state index contributed by atoms with van der Waals surface area (Å²) in [5.74, 6) is 0.711. The van der Waals surface area contributed by atoms with Gasteiger partial charge < -0.3 is 30.3 Å². The minimum absolute atomic E-state index is 0.163. The van der Waals surface area contributed by atoms with Crippen LogP contribution >= 0.6 is 0 Å². The van der Waals surface area contributed by atoms with Crippen LogP contribution in [0.4, 0.5) is 5.69 Å². The fourth-order valence-corrected chi connectivity index (χ4v) is 4.31. The lowest BCUT2D eigenvalue weighted by atomic mass is 10.0. The van der Waals surface area contributed by atoms with Crippen molar-refractivity contribution < 1.29 is 23.9 Å². The highest BCUT2D eigenvalue weighted by Gasteiger charge is 2.43. The molecule has 0 saturated carbocycles. The van der Waals surface area contributed by atoms with E-state index in [1.165, 1.54) is 0 Å². The minimum Gasteiger partial charge on any atom is -0.454 e. The molecule has 2 aromatic carbocycles. The molecule has 0 unspecified atom stereocenters. The van der Waals surface area contributed by atoms with Crippen LogP contribution in [-0.4, -0.2) is 61.6 Å². The third-order valence-corrected chi connectivity index (χ3v) is 5.78. The van der Waals surface area contributed by atoms with Gasteiger partial charge in [-0.3, -0.25) is 14.4 Å². The lowest BCUT2D eigenvalue weighted by Gasteiger charge is -2.20. The highest BCUT2D eigenvalue weighted by molar-refractivity contribution is 6.11. The van der Waals surface area contributed by atoms with Gasteiger partial charge in [-0.2, -0.15) is 0 Å². The summed E-state index contributed by atoms with van der Waals surface area (Å²) in [6.07, 6.45) is 0.385. The fraction of sp³-hybridized carbons (Fsp3) is 0.318. The molecule has 2 aromatic rings. The topological polar surface area (TPSA) is 109 Å². The molecule has 9 nitrogen and oxygen atoms in total. The van der Waals surface area contributed by atoms with Gasteiger partial charge in [0.05, 0.1) is 17.8 Å². The van der Waals surface area contributed by atoms with Crippen LogP contribution in [0, 0.1) is 0 Å². The Balaban J connectivity index is 1.43. The molecule has 31 heavy (non-hydrogen) atoms. The second-order valence-corrected chi connectivity index (χ2v) is 7.82. The number of benzene rings is 2. The Morgan fingerprint density at radius 3 is 2.74 bits per heavy atom. The molecule has 1 saturated heterocycles. The molecule has 3 heterocycles. The molecule has 0 bridgehead atoms. The Labute approximate surface area is 178 Å². The van der Waals surface area contributed by atoms with Crippen LogP contribution in [0.3, 0.4) is 0 Å². The van der Waals surface area contributed by atoms with E-state index >= 15 is 0 Å². The normalized spacial score (nSPS) is 21.3. The van der Waals surface area contributed by atoms with Crippen molar-refractivity contribution in [2.75, 3.05) is 32.2 Å². The summed E-state index contributed by atoms with van der Waals surface area (Å²) in [7, 11) is 1.69. The van der Waals surface area contributed by atoms with Crippen molar-refractivity contribution in [1.82, 2.24) is 15.5 Å². The number of rotatable bonds is 4. The van der Waals surface area contributed by atoms with Crippen LogP contribution in [0.15, 0.2) is 36.4 Å². The third-order valence-electron chi connectivity index (χ3n) is 5.78. The van der Waals surface area contributed by atoms with E-state index < -0.39 is 6.04 Å². The summed E-state index contributed by atoms with van der Waals surface area (Å²) in [4.78, 5) is 39.6. The molecule has 3 aliphatic heterocycles. The molecule has 0 aliphatic carbocycles. The number of likely N-dealkylation sites (N-methyl/N-ethyl adjacent to an activating group) is 1. The Morgan fingerprint density at radius 2 is 1.90 bits per heavy atom. The van der Waals surface area contributed by atoms with Crippen molar-refractivity contribution in [1.29, 1.82) is 0 Å². The van der Waals surface area contributed by atoms with Gasteiger partial charge in [0.2, 0.25) is 18.6 Å². The predicted molar refractivity (Wildman–Crippen MR) is 112 cm³/mol. The minimum atomic E-state index is -0.617. The van der Waals surface area contributed by atoms with Gasteiger partial charge >= 0.3 is 0 Å². The van der Waals surface area contributed by atoms with Gasteiger partial charge in [0.15, 0.2) is 11.5 Å². The highest BCUT2D eigenvalue weighted by Crippen LogP contribution is 2.37. The van der Waals surface area contributed by atoms with Gasteiger partial charge in [0.25, 0.3) is 5.91 Å². The second-order valence-electron chi connectivity index (χ2n) is 7.82.